The Bertz CT molecular complexity index is 1230. The first-order valence-electron chi connectivity index (χ1n) is 12.0. The van der Waals surface area contributed by atoms with Gasteiger partial charge in [-0.2, -0.15) is 26.3 Å². The molecule has 7 nitrogen and oxygen atoms in total. The van der Waals surface area contributed by atoms with Crippen LogP contribution in [0.5, 0.6) is 0 Å². The van der Waals surface area contributed by atoms with E-state index in [4.69, 9.17) is 9.47 Å². The zero-order chi connectivity index (χ0) is 27.1. The minimum atomic E-state index is -4.92. The second-order valence-corrected chi connectivity index (χ2v) is 9.64. The molecule has 2 bridgehead atoms. The van der Waals surface area contributed by atoms with Crippen LogP contribution in [0.2, 0.25) is 0 Å². The van der Waals surface area contributed by atoms with Gasteiger partial charge < -0.3 is 14.8 Å². The van der Waals surface area contributed by atoms with Crippen LogP contribution in [-0.4, -0.2) is 39.5 Å². The van der Waals surface area contributed by atoms with Gasteiger partial charge in [-0.3, -0.25) is 0 Å². The molecular formula is C25H25F6N5O2. The summed E-state index contributed by atoms with van der Waals surface area (Å²) >= 11 is 0. The number of rotatable bonds is 7. The molecule has 204 valence electrons. The standard InChI is InChI=1S/C25H25F6N5O2/c1-37-14-36-22(33-34-35-36)19-12-23(16-5-3-2-4-6-16)21(8-7-20(19)32-23)38-13-15-9-17(24(26,27)28)11-18(10-15)25(29,30)31/h2-6,9-11,19-21,32H,7-8,12-14H2,1H3. The number of fused-ring (bicyclic) bond motifs is 2. The Morgan fingerprint density at radius 1 is 1.00 bits per heavy atom. The molecule has 2 saturated heterocycles. The molecule has 4 unspecified atom stereocenters. The number of nitrogens with one attached hydrogen (secondary N) is 1. The molecule has 1 N–H and O–H groups in total. The molecule has 2 aromatic carbocycles. The van der Waals surface area contributed by atoms with Gasteiger partial charge in [-0.15, -0.1) is 5.10 Å². The first kappa shape index (κ1) is 26.6. The van der Waals surface area contributed by atoms with Crippen molar-refractivity contribution in [3.63, 3.8) is 0 Å². The number of tetrazole rings is 1. The van der Waals surface area contributed by atoms with E-state index in [1.54, 1.807) is 4.68 Å². The SMILES string of the molecule is COCn1nnnc1C1CC2(c3ccccc3)NC1CCC2OCc1cc(C(F)(F)F)cc(C(F)(F)F)c1. The van der Waals surface area contributed by atoms with Gasteiger partial charge in [0.15, 0.2) is 5.82 Å². The number of alkyl halides is 6. The Morgan fingerprint density at radius 3 is 2.32 bits per heavy atom. The van der Waals surface area contributed by atoms with Crippen molar-refractivity contribution < 1.29 is 35.8 Å². The Balaban J connectivity index is 1.46. The van der Waals surface area contributed by atoms with E-state index >= 15 is 0 Å². The number of hydrogen-bond acceptors (Lipinski definition) is 6. The molecule has 2 fully saturated rings. The third-order valence-electron chi connectivity index (χ3n) is 7.29. The van der Waals surface area contributed by atoms with E-state index in [1.807, 2.05) is 30.3 Å². The van der Waals surface area contributed by atoms with Crippen molar-refractivity contribution in [2.24, 2.45) is 0 Å². The Labute approximate surface area is 214 Å². The lowest BCUT2D eigenvalue weighted by Crippen LogP contribution is -2.54. The number of benzene rings is 2. The minimum Gasteiger partial charge on any atom is -0.371 e. The number of nitrogens with zero attached hydrogens (tertiary/aromatic N) is 4. The zero-order valence-electron chi connectivity index (χ0n) is 20.3. The molecule has 2 aliphatic heterocycles. The van der Waals surface area contributed by atoms with E-state index in [0.29, 0.717) is 37.2 Å². The number of methoxy groups -OCH3 is 1. The summed E-state index contributed by atoms with van der Waals surface area (Å²) in [4.78, 5) is 0. The highest BCUT2D eigenvalue weighted by Gasteiger charge is 2.55. The molecule has 5 rings (SSSR count). The van der Waals surface area contributed by atoms with Crippen molar-refractivity contribution in [3.05, 3.63) is 76.6 Å². The van der Waals surface area contributed by atoms with Crippen molar-refractivity contribution in [2.75, 3.05) is 7.11 Å². The van der Waals surface area contributed by atoms with Gasteiger partial charge in [0.25, 0.3) is 0 Å². The highest BCUT2D eigenvalue weighted by molar-refractivity contribution is 5.35. The van der Waals surface area contributed by atoms with E-state index in [1.165, 1.54) is 7.11 Å². The first-order valence-corrected chi connectivity index (χ1v) is 12.0. The summed E-state index contributed by atoms with van der Waals surface area (Å²) < 4.78 is 93.1. The molecule has 3 heterocycles. The predicted molar refractivity (Wildman–Crippen MR) is 121 cm³/mol. The Kier molecular flexibility index (Phi) is 6.95. The van der Waals surface area contributed by atoms with E-state index in [9.17, 15) is 26.3 Å². The molecule has 13 heteroatoms. The fourth-order valence-electron chi connectivity index (χ4n) is 5.66. The number of piperidine rings is 1. The van der Waals surface area contributed by atoms with Crippen molar-refractivity contribution in [2.45, 2.75) is 68.6 Å². The van der Waals surface area contributed by atoms with Crippen LogP contribution in [0, 0.1) is 0 Å². The fraction of sp³-hybridized carbons (Fsp3) is 0.480. The van der Waals surface area contributed by atoms with E-state index in [2.05, 4.69) is 20.8 Å². The lowest BCUT2D eigenvalue weighted by Gasteiger charge is -2.42. The summed E-state index contributed by atoms with van der Waals surface area (Å²) in [5, 5.41) is 15.6. The molecule has 4 atom stereocenters. The van der Waals surface area contributed by atoms with Crippen LogP contribution in [0.4, 0.5) is 26.3 Å². The molecule has 2 aliphatic rings. The first-order chi connectivity index (χ1) is 18.0. The number of halogens is 6. The highest BCUT2D eigenvalue weighted by Crippen LogP contribution is 2.50. The average molecular weight is 541 g/mol. The summed E-state index contributed by atoms with van der Waals surface area (Å²) in [5.74, 6) is 0.523. The second kappa shape index (κ2) is 9.93. The zero-order valence-corrected chi connectivity index (χ0v) is 20.3. The Morgan fingerprint density at radius 2 is 1.68 bits per heavy atom. The van der Waals surface area contributed by atoms with Crippen molar-refractivity contribution in [3.8, 4) is 0 Å². The quantitative estimate of drug-likeness (QED) is 0.423. The summed E-state index contributed by atoms with van der Waals surface area (Å²) in [7, 11) is 1.53. The normalized spacial score (nSPS) is 25.6. The molecular weight excluding hydrogens is 516 g/mol. The summed E-state index contributed by atoms with van der Waals surface area (Å²) in [6, 6.07) is 11.0. The van der Waals surface area contributed by atoms with Crippen molar-refractivity contribution >= 4 is 0 Å². The summed E-state index contributed by atoms with van der Waals surface area (Å²) in [6.45, 7) is -0.244. The monoisotopic (exact) mass is 541 g/mol. The topological polar surface area (TPSA) is 74.1 Å². The van der Waals surface area contributed by atoms with Gasteiger partial charge in [-0.05, 0) is 59.0 Å². The molecule has 1 aromatic heterocycles. The summed E-state index contributed by atoms with van der Waals surface area (Å²) in [5.41, 5.74) is -2.76. The molecule has 0 aliphatic carbocycles. The third-order valence-corrected chi connectivity index (χ3v) is 7.29. The molecule has 0 radical (unpaired) electrons. The number of ether oxygens (including phenoxy) is 2. The van der Waals surface area contributed by atoms with Gasteiger partial charge >= 0.3 is 12.4 Å². The molecule has 0 spiro atoms. The minimum absolute atomic E-state index is 0.0120. The van der Waals surface area contributed by atoms with Crippen LogP contribution < -0.4 is 5.32 Å². The van der Waals surface area contributed by atoms with E-state index < -0.39 is 41.7 Å². The van der Waals surface area contributed by atoms with Gasteiger partial charge in [-0.25, -0.2) is 4.68 Å². The van der Waals surface area contributed by atoms with Gasteiger partial charge in [0.2, 0.25) is 0 Å². The maximum atomic E-state index is 13.4. The van der Waals surface area contributed by atoms with Gasteiger partial charge in [0, 0.05) is 19.1 Å². The number of aromatic nitrogens is 4. The smallest absolute Gasteiger partial charge is 0.371 e. The maximum absolute atomic E-state index is 13.4. The molecule has 0 amide bonds. The lowest BCUT2D eigenvalue weighted by atomic mass is 9.80. The average Bonchev–Trinajstić information content (AvgIpc) is 3.46. The lowest BCUT2D eigenvalue weighted by molar-refractivity contribution is -0.143. The van der Waals surface area contributed by atoms with E-state index in [0.717, 1.165) is 5.56 Å². The predicted octanol–water partition coefficient (Wildman–Crippen LogP) is 5.03. The summed E-state index contributed by atoms with van der Waals surface area (Å²) in [6.07, 6.45) is -8.66. The largest absolute Gasteiger partial charge is 0.416 e. The Hall–Kier alpha value is -3.03. The third kappa shape index (κ3) is 5.02. The van der Waals surface area contributed by atoms with Crippen LogP contribution in [0.1, 0.15) is 53.3 Å². The number of hydrogen-bond donors (Lipinski definition) is 1. The fourth-order valence-corrected chi connectivity index (χ4v) is 5.66. The van der Waals surface area contributed by atoms with Crippen molar-refractivity contribution in [1.82, 2.24) is 25.5 Å². The second-order valence-electron chi connectivity index (χ2n) is 9.64. The molecule has 3 aromatic rings. The van der Waals surface area contributed by atoms with Gasteiger partial charge in [0.05, 0.1) is 29.4 Å². The highest BCUT2D eigenvalue weighted by atomic mass is 19.4. The van der Waals surface area contributed by atoms with Crippen LogP contribution in [0.15, 0.2) is 48.5 Å². The maximum Gasteiger partial charge on any atom is 0.416 e. The molecule has 0 saturated carbocycles. The van der Waals surface area contributed by atoms with Crippen LogP contribution in [0.25, 0.3) is 0 Å². The van der Waals surface area contributed by atoms with Gasteiger partial charge in [-0.1, -0.05) is 30.3 Å². The van der Waals surface area contributed by atoms with Crippen LogP contribution in [0.3, 0.4) is 0 Å². The molecule has 38 heavy (non-hydrogen) atoms. The van der Waals surface area contributed by atoms with E-state index in [-0.39, 0.29) is 30.3 Å². The van der Waals surface area contributed by atoms with Crippen molar-refractivity contribution in [1.29, 1.82) is 0 Å². The van der Waals surface area contributed by atoms with Gasteiger partial charge in [0.1, 0.15) is 6.73 Å². The van der Waals surface area contributed by atoms with Crippen LogP contribution >= 0.6 is 0 Å². The van der Waals surface area contributed by atoms with Crippen LogP contribution in [-0.2, 0) is 40.7 Å².